The number of benzene rings is 3. The van der Waals surface area contributed by atoms with Gasteiger partial charge in [-0.1, -0.05) is 17.7 Å². The number of carbonyl (C=O) groups excluding carboxylic acids is 1. The molecular weight excluding hydrogens is 519 g/mol. The number of likely N-dealkylation sites (tertiary alicyclic amines) is 1. The van der Waals surface area contributed by atoms with Crippen molar-refractivity contribution in [2.75, 3.05) is 18.4 Å². The summed E-state index contributed by atoms with van der Waals surface area (Å²) < 4.78 is 48.6. The van der Waals surface area contributed by atoms with Gasteiger partial charge in [0.05, 0.1) is 11.6 Å². The molecule has 0 saturated carbocycles. The van der Waals surface area contributed by atoms with Gasteiger partial charge in [0.1, 0.15) is 22.2 Å². The maximum atomic E-state index is 13.4. The molecule has 2 amide bonds. The van der Waals surface area contributed by atoms with Crippen molar-refractivity contribution in [2.45, 2.75) is 30.7 Å². The summed E-state index contributed by atoms with van der Waals surface area (Å²) >= 11 is 6.11. The Kier molecular flexibility index (Phi) is 7.97. The van der Waals surface area contributed by atoms with Crippen molar-refractivity contribution in [3.8, 4) is 17.6 Å². The van der Waals surface area contributed by atoms with Crippen LogP contribution in [0.5, 0.6) is 11.5 Å². The molecule has 11 heteroatoms. The van der Waals surface area contributed by atoms with Crippen LogP contribution < -0.4 is 14.8 Å². The Morgan fingerprint density at radius 1 is 1.14 bits per heavy atom. The number of nitrogens with zero attached hydrogens (tertiary/aromatic N) is 2. The molecule has 0 spiro atoms. The molecule has 1 saturated heterocycles. The van der Waals surface area contributed by atoms with Crippen LogP contribution in [0, 0.1) is 24.1 Å². The number of ether oxygens (including phenoxy) is 1. The lowest BCUT2D eigenvalue weighted by Gasteiger charge is -2.32. The first-order chi connectivity index (χ1) is 17.6. The molecule has 1 aliphatic rings. The minimum atomic E-state index is -4.07. The predicted octanol–water partition coefficient (Wildman–Crippen LogP) is 5.43. The Hall–Kier alpha value is -3.65. The van der Waals surface area contributed by atoms with E-state index in [1.165, 1.54) is 36.4 Å². The summed E-state index contributed by atoms with van der Waals surface area (Å²) in [5.41, 5.74) is 1.35. The lowest BCUT2D eigenvalue weighted by Crippen LogP contribution is -2.47. The Balaban J connectivity index is 1.45. The third-order valence-electron chi connectivity index (χ3n) is 5.79. The first-order valence-corrected chi connectivity index (χ1v) is 13.3. The molecule has 37 heavy (non-hydrogen) atoms. The summed E-state index contributed by atoms with van der Waals surface area (Å²) in [6.45, 7) is 2.44. The number of rotatable bonds is 6. The topological polar surface area (TPSA) is 112 Å². The van der Waals surface area contributed by atoms with E-state index in [4.69, 9.17) is 16.3 Å². The van der Waals surface area contributed by atoms with Crippen molar-refractivity contribution in [3.05, 3.63) is 82.6 Å². The maximum absolute atomic E-state index is 13.4. The predicted molar refractivity (Wildman–Crippen MR) is 138 cm³/mol. The van der Waals surface area contributed by atoms with Gasteiger partial charge < -0.3 is 15.0 Å². The molecule has 1 fully saturated rings. The highest BCUT2D eigenvalue weighted by Crippen LogP contribution is 2.32. The first kappa shape index (κ1) is 26.4. The fourth-order valence-electron chi connectivity index (χ4n) is 4.01. The third kappa shape index (κ3) is 6.77. The first-order valence-electron chi connectivity index (χ1n) is 11.5. The van der Waals surface area contributed by atoms with E-state index in [0.29, 0.717) is 42.4 Å². The van der Waals surface area contributed by atoms with Crippen LogP contribution in [-0.2, 0) is 10.0 Å². The molecule has 0 aromatic heterocycles. The summed E-state index contributed by atoms with van der Waals surface area (Å²) in [5, 5.41) is 12.4. The van der Waals surface area contributed by atoms with Gasteiger partial charge in [0, 0.05) is 29.8 Å². The molecule has 0 bridgehead atoms. The standard InChI is InChI=1S/C26H24ClFN4O4S/c1-17-11-19(27)14-23(12-17)36-24-6-5-18(16-29)13-25(24)37(34,35)31-21-7-9-32(10-8-21)26(33)30-22-4-2-3-20(28)15-22/h2-6,11-15,21,31H,7-10H2,1H3,(H,30,33). The maximum Gasteiger partial charge on any atom is 0.321 e. The number of nitriles is 1. The van der Waals surface area contributed by atoms with E-state index in [2.05, 4.69) is 10.0 Å². The molecular formula is C26H24ClFN4O4S. The van der Waals surface area contributed by atoms with Crippen LogP contribution in [0.4, 0.5) is 14.9 Å². The second-order valence-electron chi connectivity index (χ2n) is 8.66. The monoisotopic (exact) mass is 542 g/mol. The van der Waals surface area contributed by atoms with Crippen molar-refractivity contribution in [1.82, 2.24) is 9.62 Å². The zero-order valence-corrected chi connectivity index (χ0v) is 21.4. The molecule has 0 aliphatic carbocycles. The SMILES string of the molecule is Cc1cc(Cl)cc(Oc2ccc(C#N)cc2S(=O)(=O)NC2CCN(C(=O)Nc3cccc(F)c3)CC2)c1. The van der Waals surface area contributed by atoms with Crippen LogP contribution in [0.1, 0.15) is 24.0 Å². The number of anilines is 1. The highest BCUT2D eigenvalue weighted by molar-refractivity contribution is 7.89. The van der Waals surface area contributed by atoms with Crippen LogP contribution in [0.2, 0.25) is 5.02 Å². The molecule has 1 heterocycles. The average Bonchev–Trinajstić information content (AvgIpc) is 2.84. The molecule has 0 atom stereocenters. The number of hydrogen-bond donors (Lipinski definition) is 2. The van der Waals surface area contributed by atoms with Crippen molar-refractivity contribution >= 4 is 33.3 Å². The molecule has 2 N–H and O–H groups in total. The number of aryl methyl sites for hydroxylation is 1. The van der Waals surface area contributed by atoms with Crippen molar-refractivity contribution < 1.29 is 22.3 Å². The van der Waals surface area contributed by atoms with Crippen molar-refractivity contribution in [1.29, 1.82) is 5.26 Å². The molecule has 3 aromatic carbocycles. The number of piperidine rings is 1. The fraction of sp³-hybridized carbons (Fsp3) is 0.231. The number of amides is 2. The van der Waals surface area contributed by atoms with E-state index >= 15 is 0 Å². The van der Waals surface area contributed by atoms with E-state index in [1.807, 2.05) is 13.0 Å². The summed E-state index contributed by atoms with van der Waals surface area (Å²) in [6, 6.07) is 15.9. The Bertz CT molecular complexity index is 1450. The van der Waals surface area contributed by atoms with Crippen LogP contribution in [0.3, 0.4) is 0 Å². The largest absolute Gasteiger partial charge is 0.456 e. The molecule has 192 valence electrons. The van der Waals surface area contributed by atoms with E-state index in [0.717, 1.165) is 5.56 Å². The lowest BCUT2D eigenvalue weighted by molar-refractivity contribution is 0.193. The third-order valence-corrected chi connectivity index (χ3v) is 7.55. The minimum absolute atomic E-state index is 0.0556. The molecule has 0 radical (unpaired) electrons. The quantitative estimate of drug-likeness (QED) is 0.431. The van der Waals surface area contributed by atoms with E-state index in [-0.39, 0.29) is 22.2 Å². The van der Waals surface area contributed by atoms with Gasteiger partial charge in [-0.2, -0.15) is 5.26 Å². The van der Waals surface area contributed by atoms with Gasteiger partial charge in [0.15, 0.2) is 0 Å². The molecule has 3 aromatic rings. The minimum Gasteiger partial charge on any atom is -0.456 e. The van der Waals surface area contributed by atoms with Gasteiger partial charge in [-0.05, 0) is 79.9 Å². The van der Waals surface area contributed by atoms with Gasteiger partial charge in [-0.25, -0.2) is 22.3 Å². The normalized spacial score (nSPS) is 14.2. The smallest absolute Gasteiger partial charge is 0.321 e. The molecule has 1 aliphatic heterocycles. The van der Waals surface area contributed by atoms with Crippen LogP contribution in [0.25, 0.3) is 0 Å². The van der Waals surface area contributed by atoms with Gasteiger partial charge in [0.2, 0.25) is 10.0 Å². The summed E-state index contributed by atoms with van der Waals surface area (Å²) in [5.74, 6) is -0.0379. The highest BCUT2D eigenvalue weighted by Gasteiger charge is 2.29. The van der Waals surface area contributed by atoms with Gasteiger partial charge in [-0.15, -0.1) is 0 Å². The summed E-state index contributed by atoms with van der Waals surface area (Å²) in [6.07, 6.45) is 0.745. The number of hydrogen-bond acceptors (Lipinski definition) is 5. The van der Waals surface area contributed by atoms with Crippen LogP contribution in [0.15, 0.2) is 65.6 Å². The Labute approximate surface area is 219 Å². The highest BCUT2D eigenvalue weighted by atomic mass is 35.5. The Morgan fingerprint density at radius 3 is 2.57 bits per heavy atom. The van der Waals surface area contributed by atoms with Crippen LogP contribution >= 0.6 is 11.6 Å². The number of halogens is 2. The van der Waals surface area contributed by atoms with E-state index in [1.54, 1.807) is 29.2 Å². The number of urea groups is 1. The zero-order chi connectivity index (χ0) is 26.6. The zero-order valence-electron chi connectivity index (χ0n) is 19.9. The molecule has 4 rings (SSSR count). The molecule has 0 unspecified atom stereocenters. The number of sulfonamides is 1. The average molecular weight is 543 g/mol. The van der Waals surface area contributed by atoms with Gasteiger partial charge in [-0.3, -0.25) is 0 Å². The summed E-state index contributed by atoms with van der Waals surface area (Å²) in [7, 11) is -4.07. The number of nitrogens with one attached hydrogen (secondary N) is 2. The van der Waals surface area contributed by atoms with Crippen LogP contribution in [-0.4, -0.2) is 38.5 Å². The summed E-state index contributed by atoms with van der Waals surface area (Å²) in [4.78, 5) is 13.9. The van der Waals surface area contributed by atoms with E-state index < -0.39 is 21.9 Å². The van der Waals surface area contributed by atoms with Gasteiger partial charge >= 0.3 is 6.03 Å². The Morgan fingerprint density at radius 2 is 1.89 bits per heavy atom. The fourth-order valence-corrected chi connectivity index (χ4v) is 5.75. The van der Waals surface area contributed by atoms with E-state index in [9.17, 15) is 22.9 Å². The second kappa shape index (κ2) is 11.2. The second-order valence-corrected chi connectivity index (χ2v) is 10.8. The lowest BCUT2D eigenvalue weighted by atomic mass is 10.1. The number of carbonyl (C=O) groups is 1. The van der Waals surface area contributed by atoms with Crippen molar-refractivity contribution in [3.63, 3.8) is 0 Å². The van der Waals surface area contributed by atoms with Gasteiger partial charge in [0.25, 0.3) is 0 Å². The van der Waals surface area contributed by atoms with Crippen molar-refractivity contribution in [2.24, 2.45) is 0 Å². The molecule has 8 nitrogen and oxygen atoms in total.